The van der Waals surface area contributed by atoms with Crippen LogP contribution in [-0.4, -0.2) is 24.3 Å². The van der Waals surface area contributed by atoms with E-state index in [1.54, 1.807) is 19.4 Å². The second-order valence-electron chi connectivity index (χ2n) is 6.87. The van der Waals surface area contributed by atoms with Gasteiger partial charge in [-0.25, -0.2) is 0 Å². The van der Waals surface area contributed by atoms with Crippen LogP contribution in [-0.2, 0) is 0 Å². The topological polar surface area (TPSA) is 98.7 Å². The Bertz CT molecular complexity index is 1150. The van der Waals surface area contributed by atoms with E-state index in [9.17, 15) is 10.4 Å². The minimum absolute atomic E-state index is 0.0129. The highest BCUT2D eigenvalue weighted by atomic mass is 16.5. The minimum Gasteiger partial charge on any atom is -0.507 e. The van der Waals surface area contributed by atoms with Crippen LogP contribution in [0.1, 0.15) is 22.6 Å². The fourth-order valence-electron chi connectivity index (χ4n) is 3.53. The van der Waals surface area contributed by atoms with Crippen LogP contribution in [0.3, 0.4) is 0 Å². The molecule has 6 nitrogen and oxygen atoms in total. The first kappa shape index (κ1) is 19.2. The smallest absolute Gasteiger partial charge is 0.205 e. The molecule has 3 aromatic rings. The number of methoxy groups -OCH3 is 1. The van der Waals surface area contributed by atoms with Crippen molar-refractivity contribution in [2.45, 2.75) is 5.92 Å². The van der Waals surface area contributed by atoms with Crippen molar-refractivity contribution in [3.63, 3.8) is 0 Å². The monoisotopic (exact) mass is 397 g/mol. The molecule has 6 heteroatoms. The third kappa shape index (κ3) is 3.61. The van der Waals surface area contributed by atoms with Gasteiger partial charge in [0.2, 0.25) is 5.90 Å². The van der Waals surface area contributed by atoms with E-state index in [1.165, 1.54) is 6.07 Å². The number of nitrogens with zero attached hydrogens (tertiary/aromatic N) is 2. The van der Waals surface area contributed by atoms with Crippen LogP contribution in [0.4, 0.5) is 5.69 Å². The molecule has 148 valence electrons. The lowest BCUT2D eigenvalue weighted by molar-refractivity contribution is 0.415. The van der Waals surface area contributed by atoms with Crippen LogP contribution in [0.5, 0.6) is 17.2 Å². The van der Waals surface area contributed by atoms with Gasteiger partial charge in [0.15, 0.2) is 0 Å². The number of phenolic OH excluding ortho intramolecular Hbond substituents is 1. The van der Waals surface area contributed by atoms with Crippen molar-refractivity contribution in [2.24, 2.45) is 10.9 Å². The highest BCUT2D eigenvalue weighted by molar-refractivity contribution is 5.89. The van der Waals surface area contributed by atoms with E-state index in [-0.39, 0.29) is 17.6 Å². The van der Waals surface area contributed by atoms with E-state index < -0.39 is 5.92 Å². The maximum Gasteiger partial charge on any atom is 0.205 e. The Balaban J connectivity index is 1.76. The van der Waals surface area contributed by atoms with Gasteiger partial charge < -0.3 is 14.6 Å². The van der Waals surface area contributed by atoms with Gasteiger partial charge in [-0.3, -0.25) is 10.4 Å². The molecule has 0 fully saturated rings. The molecule has 1 aliphatic heterocycles. The number of rotatable bonds is 4. The second-order valence-corrected chi connectivity index (χ2v) is 6.87. The number of phenols is 1. The lowest BCUT2D eigenvalue weighted by Crippen LogP contribution is -2.31. The number of aliphatic imine (C=N–C) groups is 1. The Hall–Kier alpha value is -4.11. The largest absolute Gasteiger partial charge is 0.507 e. The highest BCUT2D eigenvalue weighted by Gasteiger charge is 2.37. The summed E-state index contributed by atoms with van der Waals surface area (Å²) in [5, 5.41) is 28.3. The lowest BCUT2D eigenvalue weighted by atomic mass is 9.78. The summed E-state index contributed by atoms with van der Waals surface area (Å²) in [7, 11) is 1.60. The number of nitrogens with one attached hydrogen (secondary N) is 1. The molecule has 0 saturated carbocycles. The molecule has 0 amide bonds. The molecule has 0 radical (unpaired) electrons. The maximum absolute atomic E-state index is 10.5. The molecule has 0 saturated heterocycles. The standard InChI is InChI=1S/C24H19N3O3/c1-29-18-9-7-17(8-10-18)27-14-16-11-19-22(12-21(16)28)30-24(26)20(13-25)23(19)15-5-3-2-4-6-15/h2-12,14,20,23,26,28H,1H3. The SMILES string of the molecule is COc1ccc(N=Cc2cc3c(cc2O)OC(=N)C(C#N)C3c2ccccc2)cc1. The van der Waals surface area contributed by atoms with Crippen LogP contribution in [0.15, 0.2) is 71.7 Å². The summed E-state index contributed by atoms with van der Waals surface area (Å²) in [6, 6.07) is 22.2. The Morgan fingerprint density at radius 3 is 2.53 bits per heavy atom. The van der Waals surface area contributed by atoms with E-state index in [0.717, 1.165) is 16.9 Å². The van der Waals surface area contributed by atoms with Crippen molar-refractivity contribution in [3.8, 4) is 23.3 Å². The Kier molecular flexibility index (Phi) is 5.19. The van der Waals surface area contributed by atoms with Crippen molar-refractivity contribution in [2.75, 3.05) is 7.11 Å². The molecular weight excluding hydrogens is 378 g/mol. The van der Waals surface area contributed by atoms with Gasteiger partial charge in [0, 0.05) is 29.3 Å². The molecule has 1 heterocycles. The zero-order chi connectivity index (χ0) is 21.1. The van der Waals surface area contributed by atoms with Gasteiger partial charge >= 0.3 is 0 Å². The molecule has 30 heavy (non-hydrogen) atoms. The van der Waals surface area contributed by atoms with Crippen molar-refractivity contribution in [1.29, 1.82) is 10.7 Å². The lowest BCUT2D eigenvalue weighted by Gasteiger charge is -2.30. The number of aromatic hydroxyl groups is 1. The summed E-state index contributed by atoms with van der Waals surface area (Å²) < 4.78 is 10.7. The van der Waals surface area contributed by atoms with Gasteiger partial charge in [-0.2, -0.15) is 5.26 Å². The first-order valence-electron chi connectivity index (χ1n) is 9.36. The molecule has 1 aliphatic rings. The Morgan fingerprint density at radius 2 is 1.87 bits per heavy atom. The zero-order valence-electron chi connectivity index (χ0n) is 16.2. The van der Waals surface area contributed by atoms with Gasteiger partial charge in [-0.15, -0.1) is 0 Å². The maximum atomic E-state index is 10.5. The van der Waals surface area contributed by atoms with E-state index in [0.29, 0.717) is 17.0 Å². The van der Waals surface area contributed by atoms with E-state index in [4.69, 9.17) is 14.9 Å². The number of ether oxygens (including phenoxy) is 2. The van der Waals surface area contributed by atoms with E-state index in [2.05, 4.69) is 11.1 Å². The average Bonchev–Trinajstić information content (AvgIpc) is 2.78. The number of nitriles is 1. The summed E-state index contributed by atoms with van der Waals surface area (Å²) >= 11 is 0. The fourth-order valence-corrected chi connectivity index (χ4v) is 3.53. The zero-order valence-corrected chi connectivity index (χ0v) is 16.2. The van der Waals surface area contributed by atoms with Crippen molar-refractivity contribution in [1.82, 2.24) is 0 Å². The highest BCUT2D eigenvalue weighted by Crippen LogP contribution is 2.44. The van der Waals surface area contributed by atoms with Crippen LogP contribution in [0.25, 0.3) is 0 Å². The van der Waals surface area contributed by atoms with Crippen molar-refractivity contribution >= 4 is 17.8 Å². The van der Waals surface area contributed by atoms with Crippen LogP contribution >= 0.6 is 0 Å². The van der Waals surface area contributed by atoms with E-state index in [1.807, 2.05) is 54.6 Å². The molecule has 2 N–H and O–H groups in total. The van der Waals surface area contributed by atoms with Crippen LogP contribution < -0.4 is 9.47 Å². The van der Waals surface area contributed by atoms with Gasteiger partial charge in [-0.1, -0.05) is 30.3 Å². The molecule has 4 rings (SSSR count). The van der Waals surface area contributed by atoms with E-state index >= 15 is 0 Å². The first-order chi connectivity index (χ1) is 14.6. The Morgan fingerprint density at radius 1 is 1.13 bits per heavy atom. The minimum atomic E-state index is -0.754. The van der Waals surface area contributed by atoms with Gasteiger partial charge in [0.05, 0.1) is 18.9 Å². The molecule has 0 bridgehead atoms. The Labute approximate surface area is 174 Å². The van der Waals surface area contributed by atoms with Crippen molar-refractivity contribution < 1.29 is 14.6 Å². The summed E-state index contributed by atoms with van der Waals surface area (Å²) in [6.45, 7) is 0. The summed E-state index contributed by atoms with van der Waals surface area (Å²) in [5.74, 6) is -0.159. The number of fused-ring (bicyclic) bond motifs is 1. The normalized spacial score (nSPS) is 17.8. The molecule has 3 aromatic carbocycles. The predicted octanol–water partition coefficient (Wildman–Crippen LogP) is 4.79. The molecule has 2 atom stereocenters. The number of benzene rings is 3. The molecule has 2 unspecified atom stereocenters. The van der Waals surface area contributed by atoms with Gasteiger partial charge in [0.1, 0.15) is 23.2 Å². The molecule has 0 spiro atoms. The molecular formula is C24H19N3O3. The summed E-state index contributed by atoms with van der Waals surface area (Å²) in [4.78, 5) is 4.42. The third-order valence-electron chi connectivity index (χ3n) is 5.05. The first-order valence-corrected chi connectivity index (χ1v) is 9.36. The third-order valence-corrected chi connectivity index (χ3v) is 5.05. The fraction of sp³-hybridized carbons (Fsp3) is 0.125. The second kappa shape index (κ2) is 8.10. The number of hydrogen-bond donors (Lipinski definition) is 2. The average molecular weight is 397 g/mol. The van der Waals surface area contributed by atoms with Gasteiger partial charge in [0.25, 0.3) is 0 Å². The molecule has 0 aliphatic carbocycles. The summed E-state index contributed by atoms with van der Waals surface area (Å²) in [6.07, 6.45) is 1.57. The molecule has 0 aromatic heterocycles. The van der Waals surface area contributed by atoms with Crippen molar-refractivity contribution in [3.05, 3.63) is 83.4 Å². The van der Waals surface area contributed by atoms with Crippen LogP contribution in [0.2, 0.25) is 0 Å². The predicted molar refractivity (Wildman–Crippen MR) is 114 cm³/mol. The van der Waals surface area contributed by atoms with Crippen LogP contribution in [0, 0.1) is 22.7 Å². The number of hydrogen-bond acceptors (Lipinski definition) is 6. The quantitative estimate of drug-likeness (QED) is 0.618. The summed E-state index contributed by atoms with van der Waals surface area (Å²) in [5.41, 5.74) is 2.85. The van der Waals surface area contributed by atoms with Gasteiger partial charge in [-0.05, 0) is 35.9 Å².